The number of benzene rings is 1. The molecule has 21 heavy (non-hydrogen) atoms. The van der Waals surface area contributed by atoms with Crippen LogP contribution in [0, 0.1) is 5.92 Å². The lowest BCUT2D eigenvalue weighted by atomic mass is 9.81. The summed E-state index contributed by atoms with van der Waals surface area (Å²) in [5.41, 5.74) is 9.27. The molecule has 1 aliphatic carbocycles. The SMILES string of the molecule is N[C@H](c1cc(Cl)ccc1N1CCCCC1)C1CCCCC1. The van der Waals surface area contributed by atoms with Crippen LogP contribution in [0.25, 0.3) is 0 Å². The fourth-order valence-electron chi connectivity index (χ4n) is 3.96. The summed E-state index contributed by atoms with van der Waals surface area (Å²) in [6.45, 7) is 2.32. The van der Waals surface area contributed by atoms with Crippen molar-refractivity contribution in [2.45, 2.75) is 57.4 Å². The first-order valence-corrected chi connectivity index (χ1v) is 8.93. The van der Waals surface area contributed by atoms with Gasteiger partial charge in [0, 0.05) is 29.8 Å². The van der Waals surface area contributed by atoms with Crippen LogP contribution in [-0.2, 0) is 0 Å². The second kappa shape index (κ2) is 7.02. The first-order valence-electron chi connectivity index (χ1n) is 8.55. The quantitative estimate of drug-likeness (QED) is 0.859. The van der Waals surface area contributed by atoms with Crippen molar-refractivity contribution in [3.05, 3.63) is 28.8 Å². The van der Waals surface area contributed by atoms with Crippen molar-refractivity contribution < 1.29 is 0 Å². The molecular weight excluding hydrogens is 280 g/mol. The fraction of sp³-hybridized carbons (Fsp3) is 0.667. The third kappa shape index (κ3) is 3.54. The van der Waals surface area contributed by atoms with E-state index in [1.165, 1.54) is 62.6 Å². The molecule has 2 N–H and O–H groups in total. The van der Waals surface area contributed by atoms with Gasteiger partial charge in [0.25, 0.3) is 0 Å². The summed E-state index contributed by atoms with van der Waals surface area (Å²) in [5, 5.41) is 0.817. The van der Waals surface area contributed by atoms with Gasteiger partial charge in [-0.25, -0.2) is 0 Å². The largest absolute Gasteiger partial charge is 0.371 e. The van der Waals surface area contributed by atoms with E-state index in [9.17, 15) is 0 Å². The second-order valence-corrected chi connectivity index (χ2v) is 7.11. The lowest BCUT2D eigenvalue weighted by Crippen LogP contribution is -2.32. The summed E-state index contributed by atoms with van der Waals surface area (Å²) in [6.07, 6.45) is 10.5. The van der Waals surface area contributed by atoms with Crippen LogP contribution < -0.4 is 10.6 Å². The van der Waals surface area contributed by atoms with Crippen LogP contribution in [0.2, 0.25) is 5.02 Å². The minimum absolute atomic E-state index is 0.140. The number of anilines is 1. The van der Waals surface area contributed by atoms with Crippen molar-refractivity contribution in [1.29, 1.82) is 0 Å². The highest BCUT2D eigenvalue weighted by Gasteiger charge is 2.26. The molecular formula is C18H27ClN2. The number of piperidine rings is 1. The molecule has 1 aliphatic heterocycles. The van der Waals surface area contributed by atoms with E-state index in [1.54, 1.807) is 0 Å². The van der Waals surface area contributed by atoms with Crippen LogP contribution in [0.1, 0.15) is 63.0 Å². The van der Waals surface area contributed by atoms with Crippen LogP contribution >= 0.6 is 11.6 Å². The molecule has 3 rings (SSSR count). The average molecular weight is 307 g/mol. The summed E-state index contributed by atoms with van der Waals surface area (Å²) in [4.78, 5) is 2.51. The Kier molecular flexibility index (Phi) is 5.07. The summed E-state index contributed by atoms with van der Waals surface area (Å²) in [7, 11) is 0. The van der Waals surface area contributed by atoms with Gasteiger partial charge in [0.2, 0.25) is 0 Å². The minimum Gasteiger partial charge on any atom is -0.371 e. The van der Waals surface area contributed by atoms with Crippen molar-refractivity contribution in [1.82, 2.24) is 0 Å². The van der Waals surface area contributed by atoms with Gasteiger partial charge in [-0.15, -0.1) is 0 Å². The molecule has 0 amide bonds. The third-order valence-corrected chi connectivity index (χ3v) is 5.44. The highest BCUT2D eigenvalue weighted by atomic mass is 35.5. The number of nitrogens with zero attached hydrogens (tertiary/aromatic N) is 1. The summed E-state index contributed by atoms with van der Waals surface area (Å²) in [5.74, 6) is 0.626. The highest BCUT2D eigenvalue weighted by molar-refractivity contribution is 6.30. The Balaban J connectivity index is 1.86. The Labute approximate surface area is 133 Å². The van der Waals surface area contributed by atoms with Gasteiger partial charge in [0.15, 0.2) is 0 Å². The molecule has 1 saturated carbocycles. The Bertz CT molecular complexity index is 462. The second-order valence-electron chi connectivity index (χ2n) is 6.67. The molecule has 1 aromatic carbocycles. The Morgan fingerprint density at radius 1 is 1.00 bits per heavy atom. The molecule has 3 heteroatoms. The van der Waals surface area contributed by atoms with Crippen LogP contribution in [0.15, 0.2) is 18.2 Å². The van der Waals surface area contributed by atoms with Gasteiger partial charge >= 0.3 is 0 Å². The molecule has 0 spiro atoms. The van der Waals surface area contributed by atoms with Gasteiger partial charge in [0.1, 0.15) is 0 Å². The van der Waals surface area contributed by atoms with E-state index in [2.05, 4.69) is 17.0 Å². The van der Waals surface area contributed by atoms with Gasteiger partial charge < -0.3 is 10.6 Å². The number of nitrogens with two attached hydrogens (primary N) is 1. The molecule has 1 atom stereocenters. The van der Waals surface area contributed by atoms with E-state index < -0.39 is 0 Å². The van der Waals surface area contributed by atoms with Gasteiger partial charge in [-0.2, -0.15) is 0 Å². The third-order valence-electron chi connectivity index (χ3n) is 5.20. The topological polar surface area (TPSA) is 29.3 Å². The van der Waals surface area contributed by atoms with Gasteiger partial charge in [-0.3, -0.25) is 0 Å². The van der Waals surface area contributed by atoms with Gasteiger partial charge in [0.05, 0.1) is 0 Å². The maximum atomic E-state index is 6.66. The lowest BCUT2D eigenvalue weighted by Gasteiger charge is -2.34. The summed E-state index contributed by atoms with van der Waals surface area (Å²) >= 11 is 6.26. The molecule has 1 aromatic rings. The highest BCUT2D eigenvalue weighted by Crippen LogP contribution is 2.38. The zero-order chi connectivity index (χ0) is 14.7. The first kappa shape index (κ1) is 15.2. The van der Waals surface area contributed by atoms with E-state index in [1.807, 2.05) is 6.07 Å². The molecule has 116 valence electrons. The van der Waals surface area contributed by atoms with E-state index in [0.29, 0.717) is 5.92 Å². The van der Waals surface area contributed by atoms with Crippen LogP contribution in [0.3, 0.4) is 0 Å². The fourth-order valence-corrected chi connectivity index (χ4v) is 4.14. The number of rotatable bonds is 3. The van der Waals surface area contributed by atoms with Gasteiger partial charge in [-0.1, -0.05) is 30.9 Å². The van der Waals surface area contributed by atoms with Crippen molar-refractivity contribution in [3.8, 4) is 0 Å². The predicted molar refractivity (Wildman–Crippen MR) is 91.0 cm³/mol. The van der Waals surface area contributed by atoms with Crippen molar-refractivity contribution >= 4 is 17.3 Å². The maximum Gasteiger partial charge on any atom is 0.0415 e. The normalized spacial score (nSPS) is 22.3. The zero-order valence-corrected chi connectivity index (χ0v) is 13.6. The first-order chi connectivity index (χ1) is 10.3. The Morgan fingerprint density at radius 2 is 1.67 bits per heavy atom. The van der Waals surface area contributed by atoms with Gasteiger partial charge in [-0.05, 0) is 61.8 Å². The number of halogens is 1. The summed E-state index contributed by atoms with van der Waals surface area (Å²) < 4.78 is 0. The molecule has 2 nitrogen and oxygen atoms in total. The molecule has 1 saturated heterocycles. The van der Waals surface area contributed by atoms with Crippen molar-refractivity contribution in [2.24, 2.45) is 11.7 Å². The summed E-state index contributed by atoms with van der Waals surface area (Å²) in [6, 6.07) is 6.46. The maximum absolute atomic E-state index is 6.66. The molecule has 1 heterocycles. The van der Waals surface area contributed by atoms with Crippen LogP contribution in [0.4, 0.5) is 5.69 Å². The molecule has 2 aliphatic rings. The molecule has 0 aromatic heterocycles. The lowest BCUT2D eigenvalue weighted by molar-refractivity contribution is 0.308. The van der Waals surface area contributed by atoms with E-state index in [-0.39, 0.29) is 6.04 Å². The smallest absolute Gasteiger partial charge is 0.0415 e. The zero-order valence-electron chi connectivity index (χ0n) is 12.9. The minimum atomic E-state index is 0.140. The predicted octanol–water partition coefficient (Wildman–Crippen LogP) is 4.91. The van der Waals surface area contributed by atoms with E-state index in [0.717, 1.165) is 18.1 Å². The van der Waals surface area contributed by atoms with E-state index in [4.69, 9.17) is 17.3 Å². The number of hydrogen-bond donors (Lipinski definition) is 1. The molecule has 2 fully saturated rings. The monoisotopic (exact) mass is 306 g/mol. The average Bonchev–Trinajstić information content (AvgIpc) is 2.56. The van der Waals surface area contributed by atoms with Crippen molar-refractivity contribution in [3.63, 3.8) is 0 Å². The number of hydrogen-bond acceptors (Lipinski definition) is 2. The Hall–Kier alpha value is -0.730. The molecule has 0 bridgehead atoms. The van der Waals surface area contributed by atoms with E-state index >= 15 is 0 Å². The van der Waals surface area contributed by atoms with Crippen LogP contribution in [0.5, 0.6) is 0 Å². The van der Waals surface area contributed by atoms with Crippen molar-refractivity contribution in [2.75, 3.05) is 18.0 Å². The Morgan fingerprint density at radius 3 is 2.38 bits per heavy atom. The molecule has 0 unspecified atom stereocenters. The molecule has 0 radical (unpaired) electrons. The van der Waals surface area contributed by atoms with Crippen LogP contribution in [-0.4, -0.2) is 13.1 Å². The standard InChI is InChI=1S/C18H27ClN2/c19-15-9-10-17(21-11-5-2-6-12-21)16(13-15)18(20)14-7-3-1-4-8-14/h9-10,13-14,18H,1-8,11-12,20H2/t18-/m0/s1.